The van der Waals surface area contributed by atoms with Crippen LogP contribution in [0.2, 0.25) is 0 Å². The van der Waals surface area contributed by atoms with E-state index in [2.05, 4.69) is 26.0 Å². The molecule has 0 fully saturated rings. The molecule has 15 heavy (non-hydrogen) atoms. The van der Waals surface area contributed by atoms with Gasteiger partial charge in [-0.15, -0.1) is 0 Å². The predicted molar refractivity (Wildman–Crippen MR) is 64.0 cm³/mol. The van der Waals surface area contributed by atoms with Gasteiger partial charge >= 0.3 is 0 Å². The molecule has 0 aliphatic rings. The fourth-order valence-electron chi connectivity index (χ4n) is 1.40. The highest BCUT2D eigenvalue weighted by Gasteiger charge is 2.05. The van der Waals surface area contributed by atoms with Gasteiger partial charge in [-0.05, 0) is 12.1 Å². The average molecular weight is 280 g/mol. The highest BCUT2D eigenvalue weighted by atomic mass is 79.9. The van der Waals surface area contributed by atoms with Crippen LogP contribution in [0.3, 0.4) is 0 Å². The molecule has 5 heteroatoms. The zero-order chi connectivity index (χ0) is 10.3. The molecule has 0 atom stereocenters. The van der Waals surface area contributed by atoms with Crippen molar-refractivity contribution in [2.75, 3.05) is 0 Å². The normalized spacial score (nSPS) is 11.0. The van der Waals surface area contributed by atoms with Gasteiger partial charge in [0.25, 0.3) is 0 Å². The van der Waals surface area contributed by atoms with E-state index in [1.54, 1.807) is 10.0 Å². The summed E-state index contributed by atoms with van der Waals surface area (Å²) in [4.78, 5) is 5.40. The molecule has 0 unspecified atom stereocenters. The van der Waals surface area contributed by atoms with E-state index in [0.29, 0.717) is 0 Å². The van der Waals surface area contributed by atoms with E-state index in [-0.39, 0.29) is 0 Å². The van der Waals surface area contributed by atoms with Crippen LogP contribution < -0.4 is 0 Å². The monoisotopic (exact) mass is 279 g/mol. The van der Waals surface area contributed by atoms with Crippen molar-refractivity contribution in [3.05, 3.63) is 40.4 Å². The molecule has 0 aliphatic carbocycles. The second-order valence-corrected chi connectivity index (χ2v) is 4.83. The van der Waals surface area contributed by atoms with Gasteiger partial charge in [-0.2, -0.15) is 5.10 Å². The second kappa shape index (κ2) is 3.43. The van der Waals surface area contributed by atoms with Crippen molar-refractivity contribution in [2.24, 2.45) is 0 Å². The van der Waals surface area contributed by atoms with Crippen molar-refractivity contribution in [3.63, 3.8) is 0 Å². The summed E-state index contributed by atoms with van der Waals surface area (Å²) in [6, 6.07) is 8.10. The Labute approximate surface area is 98.5 Å². The van der Waals surface area contributed by atoms with Crippen LogP contribution in [0.15, 0.2) is 40.4 Å². The Morgan fingerprint density at radius 3 is 2.73 bits per heavy atom. The van der Waals surface area contributed by atoms with E-state index in [1.165, 1.54) is 11.3 Å². The summed E-state index contributed by atoms with van der Waals surface area (Å²) in [5.41, 5.74) is 3.85. The summed E-state index contributed by atoms with van der Waals surface area (Å²) in [5, 5.41) is 4.15. The van der Waals surface area contributed by atoms with Crippen molar-refractivity contribution in [1.82, 2.24) is 14.6 Å². The maximum atomic E-state index is 4.48. The molecule has 2 heterocycles. The fraction of sp³-hybridized carbons (Fsp3) is 0. The average Bonchev–Trinajstić information content (AvgIpc) is 2.78. The molecule has 0 aliphatic heterocycles. The third kappa shape index (κ3) is 1.57. The Bertz CT molecular complexity index is 568. The standard InChI is InChI=1S/C10H6BrN3S/c11-8-3-1-7(2-4-8)9-5-14-10(13-9)15-6-12-14/h1-6H. The number of hydrogen-bond donors (Lipinski definition) is 0. The predicted octanol–water partition coefficient (Wildman–Crippen LogP) is 3.22. The summed E-state index contributed by atoms with van der Waals surface area (Å²) >= 11 is 4.95. The summed E-state index contributed by atoms with van der Waals surface area (Å²) in [6.07, 6.45) is 1.94. The van der Waals surface area contributed by atoms with Crippen LogP contribution in [0.4, 0.5) is 0 Å². The van der Waals surface area contributed by atoms with Crippen molar-refractivity contribution in [3.8, 4) is 11.3 Å². The number of fused-ring (bicyclic) bond motifs is 1. The molecule has 0 saturated carbocycles. The minimum atomic E-state index is 0.924. The van der Waals surface area contributed by atoms with Gasteiger partial charge in [-0.1, -0.05) is 39.4 Å². The Morgan fingerprint density at radius 1 is 1.20 bits per heavy atom. The van der Waals surface area contributed by atoms with Crippen molar-refractivity contribution < 1.29 is 0 Å². The molecule has 1 aromatic carbocycles. The quantitative estimate of drug-likeness (QED) is 0.685. The Morgan fingerprint density at radius 2 is 2.00 bits per heavy atom. The molecular weight excluding hydrogens is 274 g/mol. The molecule has 3 aromatic rings. The molecule has 2 aromatic heterocycles. The van der Waals surface area contributed by atoms with Gasteiger partial charge in [0.1, 0.15) is 5.51 Å². The van der Waals surface area contributed by atoms with Gasteiger partial charge in [0, 0.05) is 10.0 Å². The Kier molecular flexibility index (Phi) is 2.07. The van der Waals surface area contributed by atoms with Crippen molar-refractivity contribution in [2.45, 2.75) is 0 Å². The molecule has 0 amide bonds. The number of rotatable bonds is 1. The van der Waals surface area contributed by atoms with Crippen LogP contribution in [-0.4, -0.2) is 14.6 Å². The molecular formula is C10H6BrN3S. The number of nitrogens with zero attached hydrogens (tertiary/aromatic N) is 3. The number of halogens is 1. The fourth-order valence-corrected chi connectivity index (χ4v) is 2.26. The zero-order valence-corrected chi connectivity index (χ0v) is 9.99. The van der Waals surface area contributed by atoms with Gasteiger partial charge < -0.3 is 0 Å². The maximum Gasteiger partial charge on any atom is 0.212 e. The highest BCUT2D eigenvalue weighted by molar-refractivity contribution is 9.10. The van der Waals surface area contributed by atoms with E-state index in [0.717, 1.165) is 20.7 Å². The summed E-state index contributed by atoms with van der Waals surface area (Å²) in [7, 11) is 0. The minimum Gasteiger partial charge on any atom is -0.217 e. The first-order chi connectivity index (χ1) is 7.33. The van der Waals surface area contributed by atoms with Gasteiger partial charge in [-0.3, -0.25) is 0 Å². The summed E-state index contributed by atoms with van der Waals surface area (Å²) in [5.74, 6) is 0. The Hall–Kier alpha value is -1.20. The van der Waals surface area contributed by atoms with Gasteiger partial charge in [0.05, 0.1) is 11.9 Å². The van der Waals surface area contributed by atoms with Crippen LogP contribution in [0.1, 0.15) is 0 Å². The van der Waals surface area contributed by atoms with Gasteiger partial charge in [0.2, 0.25) is 4.96 Å². The lowest BCUT2D eigenvalue weighted by atomic mass is 10.2. The molecule has 0 N–H and O–H groups in total. The first-order valence-electron chi connectivity index (χ1n) is 4.38. The maximum absolute atomic E-state index is 4.48. The van der Waals surface area contributed by atoms with Crippen molar-refractivity contribution in [1.29, 1.82) is 0 Å². The van der Waals surface area contributed by atoms with Crippen LogP contribution in [0.5, 0.6) is 0 Å². The lowest BCUT2D eigenvalue weighted by Gasteiger charge is -1.95. The Balaban J connectivity index is 2.13. The van der Waals surface area contributed by atoms with E-state index < -0.39 is 0 Å². The third-order valence-corrected chi connectivity index (χ3v) is 3.34. The van der Waals surface area contributed by atoms with Crippen LogP contribution >= 0.6 is 27.3 Å². The zero-order valence-electron chi connectivity index (χ0n) is 7.59. The number of hydrogen-bond acceptors (Lipinski definition) is 3. The number of aromatic nitrogens is 3. The van der Waals surface area contributed by atoms with Crippen molar-refractivity contribution >= 4 is 32.2 Å². The SMILES string of the molecule is Brc1ccc(-c2cn3ncsc3n2)cc1. The lowest BCUT2D eigenvalue weighted by molar-refractivity contribution is 0.974. The van der Waals surface area contributed by atoms with E-state index in [1.807, 2.05) is 30.5 Å². The van der Waals surface area contributed by atoms with Crippen LogP contribution in [-0.2, 0) is 0 Å². The summed E-state index contributed by atoms with van der Waals surface area (Å²) in [6.45, 7) is 0. The highest BCUT2D eigenvalue weighted by Crippen LogP contribution is 2.22. The second-order valence-electron chi connectivity index (χ2n) is 3.10. The lowest BCUT2D eigenvalue weighted by Crippen LogP contribution is -1.77. The number of imidazole rings is 1. The largest absolute Gasteiger partial charge is 0.217 e. The topological polar surface area (TPSA) is 30.2 Å². The number of benzene rings is 1. The molecule has 3 rings (SSSR count). The third-order valence-electron chi connectivity index (χ3n) is 2.13. The van der Waals surface area contributed by atoms with E-state index in [4.69, 9.17) is 0 Å². The first-order valence-corrected chi connectivity index (χ1v) is 6.05. The molecule has 3 nitrogen and oxygen atoms in total. The first kappa shape index (κ1) is 9.06. The smallest absolute Gasteiger partial charge is 0.212 e. The van der Waals surface area contributed by atoms with Crippen LogP contribution in [0, 0.1) is 0 Å². The minimum absolute atomic E-state index is 0.924. The van der Waals surface area contributed by atoms with Gasteiger partial charge in [0.15, 0.2) is 0 Å². The van der Waals surface area contributed by atoms with E-state index >= 15 is 0 Å². The van der Waals surface area contributed by atoms with E-state index in [9.17, 15) is 0 Å². The summed E-state index contributed by atoms with van der Waals surface area (Å²) < 4.78 is 2.87. The van der Waals surface area contributed by atoms with Crippen LogP contribution in [0.25, 0.3) is 16.2 Å². The molecule has 0 spiro atoms. The molecule has 0 saturated heterocycles. The molecule has 74 valence electrons. The molecule has 0 radical (unpaired) electrons. The molecule has 0 bridgehead atoms. The van der Waals surface area contributed by atoms with Gasteiger partial charge in [-0.25, -0.2) is 9.50 Å².